The molecule has 104 valence electrons. The molecule has 2 atom stereocenters. The number of likely N-dealkylation sites (N-methyl/N-ethyl adjacent to an activating group) is 1. The molecule has 0 aliphatic rings. The van der Waals surface area contributed by atoms with Crippen molar-refractivity contribution in [3.05, 3.63) is 0 Å². The highest BCUT2D eigenvalue weighted by Gasteiger charge is 2.32. The van der Waals surface area contributed by atoms with Gasteiger partial charge >= 0.3 is 0 Å². The Kier molecular flexibility index (Phi) is 6.11. The first kappa shape index (κ1) is 16.9. The van der Waals surface area contributed by atoms with Gasteiger partial charge < -0.3 is 10.6 Å². The quantitative estimate of drug-likeness (QED) is 0.781. The van der Waals surface area contributed by atoms with Crippen molar-refractivity contribution in [2.45, 2.75) is 46.2 Å². The van der Waals surface area contributed by atoms with Crippen LogP contribution in [0.15, 0.2) is 0 Å². The first-order valence-electron chi connectivity index (χ1n) is 6.12. The molecule has 0 bridgehead atoms. The van der Waals surface area contributed by atoms with E-state index in [1.807, 2.05) is 7.05 Å². The highest BCUT2D eigenvalue weighted by atomic mass is 32.2. The predicted molar refractivity (Wildman–Crippen MR) is 73.9 cm³/mol. The predicted octanol–water partition coefficient (Wildman–Crippen LogP) is 1.11. The fourth-order valence-corrected chi connectivity index (χ4v) is 2.92. The lowest BCUT2D eigenvalue weighted by Crippen LogP contribution is -2.54. The number of nitrogens with two attached hydrogens (primary N) is 1. The Morgan fingerprint density at radius 1 is 1.29 bits per heavy atom. The van der Waals surface area contributed by atoms with Crippen LogP contribution in [-0.2, 0) is 9.84 Å². The second-order valence-corrected chi connectivity index (χ2v) is 8.25. The van der Waals surface area contributed by atoms with Gasteiger partial charge in [-0.15, -0.1) is 0 Å². The van der Waals surface area contributed by atoms with Gasteiger partial charge in [-0.25, -0.2) is 8.42 Å². The van der Waals surface area contributed by atoms with Crippen molar-refractivity contribution >= 4 is 9.84 Å². The first-order chi connectivity index (χ1) is 7.49. The van der Waals surface area contributed by atoms with Crippen LogP contribution in [0, 0.1) is 5.41 Å². The van der Waals surface area contributed by atoms with Crippen molar-refractivity contribution in [2.75, 3.05) is 25.6 Å². The van der Waals surface area contributed by atoms with Gasteiger partial charge in [-0.1, -0.05) is 27.7 Å². The lowest BCUT2D eigenvalue weighted by atomic mass is 9.80. The standard InChI is InChI=1S/C12H28N2O2S/c1-7-10(13)11(12(2,3)4)14(5)8-9-17(6,15)16/h10-11H,7-9,13H2,1-6H3. The smallest absolute Gasteiger partial charge is 0.148 e. The molecule has 4 nitrogen and oxygen atoms in total. The summed E-state index contributed by atoms with van der Waals surface area (Å²) in [5, 5.41) is 0. The summed E-state index contributed by atoms with van der Waals surface area (Å²) in [4.78, 5) is 2.08. The third-order valence-corrected chi connectivity index (χ3v) is 3.98. The second-order valence-electron chi connectivity index (χ2n) is 5.99. The Labute approximate surface area is 106 Å². The summed E-state index contributed by atoms with van der Waals surface area (Å²) in [6.45, 7) is 9.03. The maximum Gasteiger partial charge on any atom is 0.148 e. The third kappa shape index (κ3) is 6.38. The molecule has 2 N–H and O–H groups in total. The molecule has 0 aliphatic carbocycles. The van der Waals surface area contributed by atoms with Gasteiger partial charge in [0, 0.05) is 24.9 Å². The maximum absolute atomic E-state index is 11.2. The molecule has 0 spiro atoms. The molecule has 0 amide bonds. The third-order valence-electron chi connectivity index (χ3n) is 3.05. The van der Waals surface area contributed by atoms with Crippen LogP contribution < -0.4 is 5.73 Å². The Bertz CT molecular complexity index is 320. The SMILES string of the molecule is CCC(N)C(N(C)CCS(C)(=O)=O)C(C)(C)C. The molecule has 0 aromatic carbocycles. The zero-order valence-corrected chi connectivity index (χ0v) is 12.8. The van der Waals surface area contributed by atoms with Crippen LogP contribution in [0.5, 0.6) is 0 Å². The molecule has 0 saturated heterocycles. The van der Waals surface area contributed by atoms with E-state index in [4.69, 9.17) is 5.73 Å². The van der Waals surface area contributed by atoms with Gasteiger partial charge in [-0.05, 0) is 18.9 Å². The monoisotopic (exact) mass is 264 g/mol. The van der Waals surface area contributed by atoms with E-state index < -0.39 is 9.84 Å². The van der Waals surface area contributed by atoms with Gasteiger partial charge in [0.2, 0.25) is 0 Å². The average molecular weight is 264 g/mol. The molecular weight excluding hydrogens is 236 g/mol. The molecule has 0 aliphatic heterocycles. The molecule has 5 heteroatoms. The summed E-state index contributed by atoms with van der Waals surface area (Å²) in [5.41, 5.74) is 6.20. The summed E-state index contributed by atoms with van der Waals surface area (Å²) < 4.78 is 22.4. The second kappa shape index (κ2) is 6.16. The normalized spacial score (nSPS) is 17.2. The van der Waals surface area contributed by atoms with E-state index in [1.165, 1.54) is 6.26 Å². The topological polar surface area (TPSA) is 63.4 Å². The summed E-state index contributed by atoms with van der Waals surface area (Å²) in [5.74, 6) is 0.187. The molecule has 0 saturated carbocycles. The van der Waals surface area contributed by atoms with Crippen molar-refractivity contribution < 1.29 is 8.42 Å². The van der Waals surface area contributed by atoms with Gasteiger partial charge in [-0.3, -0.25) is 0 Å². The molecule has 0 aromatic heterocycles. The zero-order valence-electron chi connectivity index (χ0n) is 12.0. The Morgan fingerprint density at radius 3 is 2.06 bits per heavy atom. The van der Waals surface area contributed by atoms with E-state index in [9.17, 15) is 8.42 Å². The van der Waals surface area contributed by atoms with E-state index in [0.29, 0.717) is 6.54 Å². The van der Waals surface area contributed by atoms with Crippen molar-refractivity contribution in [1.82, 2.24) is 4.90 Å². The lowest BCUT2D eigenvalue weighted by molar-refractivity contribution is 0.105. The molecule has 17 heavy (non-hydrogen) atoms. The minimum absolute atomic E-state index is 0.0433. The van der Waals surface area contributed by atoms with E-state index >= 15 is 0 Å². The minimum atomic E-state index is -2.91. The maximum atomic E-state index is 11.2. The van der Waals surface area contributed by atoms with Crippen LogP contribution in [0.1, 0.15) is 34.1 Å². The van der Waals surface area contributed by atoms with E-state index in [0.717, 1.165) is 6.42 Å². The Hall–Kier alpha value is -0.130. The van der Waals surface area contributed by atoms with Crippen LogP contribution in [0.25, 0.3) is 0 Å². The number of sulfone groups is 1. The first-order valence-corrected chi connectivity index (χ1v) is 8.18. The van der Waals surface area contributed by atoms with Crippen LogP contribution >= 0.6 is 0 Å². The summed E-state index contributed by atoms with van der Waals surface area (Å²) in [6, 6.07) is 0.258. The van der Waals surface area contributed by atoms with Crippen LogP contribution in [0.4, 0.5) is 0 Å². The molecule has 0 aromatic rings. The molecule has 2 unspecified atom stereocenters. The highest BCUT2D eigenvalue weighted by molar-refractivity contribution is 7.90. The van der Waals surface area contributed by atoms with E-state index in [1.54, 1.807) is 0 Å². The van der Waals surface area contributed by atoms with Crippen molar-refractivity contribution in [3.8, 4) is 0 Å². The molecule has 0 radical (unpaired) electrons. The summed E-state index contributed by atoms with van der Waals surface area (Å²) in [7, 11) is -0.958. The van der Waals surface area contributed by atoms with Gasteiger partial charge in [0.1, 0.15) is 9.84 Å². The van der Waals surface area contributed by atoms with Gasteiger partial charge in [-0.2, -0.15) is 0 Å². The van der Waals surface area contributed by atoms with Gasteiger partial charge in [0.15, 0.2) is 0 Å². The van der Waals surface area contributed by atoms with E-state index in [2.05, 4.69) is 32.6 Å². The number of hydrogen-bond donors (Lipinski definition) is 1. The highest BCUT2D eigenvalue weighted by Crippen LogP contribution is 2.26. The van der Waals surface area contributed by atoms with Crippen LogP contribution in [0.3, 0.4) is 0 Å². The molecule has 0 heterocycles. The van der Waals surface area contributed by atoms with Crippen molar-refractivity contribution in [2.24, 2.45) is 11.1 Å². The minimum Gasteiger partial charge on any atom is -0.326 e. The van der Waals surface area contributed by atoms with Crippen molar-refractivity contribution in [3.63, 3.8) is 0 Å². The van der Waals surface area contributed by atoms with Crippen LogP contribution in [-0.4, -0.2) is 51.0 Å². The Balaban J connectivity index is 4.72. The van der Waals surface area contributed by atoms with Crippen molar-refractivity contribution in [1.29, 1.82) is 0 Å². The summed E-state index contributed by atoms with van der Waals surface area (Å²) >= 11 is 0. The molecular formula is C12H28N2O2S. The largest absolute Gasteiger partial charge is 0.326 e. The molecule has 0 rings (SSSR count). The Morgan fingerprint density at radius 2 is 1.76 bits per heavy atom. The zero-order chi connectivity index (χ0) is 13.9. The van der Waals surface area contributed by atoms with E-state index in [-0.39, 0.29) is 23.3 Å². The molecule has 0 fully saturated rings. The number of nitrogens with zero attached hydrogens (tertiary/aromatic N) is 1. The fraction of sp³-hybridized carbons (Fsp3) is 1.00. The number of hydrogen-bond acceptors (Lipinski definition) is 4. The fourth-order valence-electron chi connectivity index (χ4n) is 2.30. The lowest BCUT2D eigenvalue weighted by Gasteiger charge is -2.41. The van der Waals surface area contributed by atoms with Gasteiger partial charge in [0.25, 0.3) is 0 Å². The van der Waals surface area contributed by atoms with Crippen LogP contribution in [0.2, 0.25) is 0 Å². The summed E-state index contributed by atoms with van der Waals surface area (Å²) in [6.07, 6.45) is 2.16. The number of rotatable bonds is 6. The average Bonchev–Trinajstić information content (AvgIpc) is 2.11. The van der Waals surface area contributed by atoms with Gasteiger partial charge in [0.05, 0.1) is 5.75 Å².